The molecule has 0 aliphatic carbocycles. The summed E-state index contributed by atoms with van der Waals surface area (Å²) in [5.74, 6) is 0.716. The van der Waals surface area contributed by atoms with Gasteiger partial charge in [0.1, 0.15) is 13.2 Å². The predicted molar refractivity (Wildman–Crippen MR) is 67.1 cm³/mol. The van der Waals surface area contributed by atoms with Crippen molar-refractivity contribution in [1.82, 2.24) is 9.97 Å². The van der Waals surface area contributed by atoms with Crippen molar-refractivity contribution in [3.05, 3.63) is 30.2 Å². The Balaban J connectivity index is 1.89. The average Bonchev–Trinajstić information content (AvgIpc) is 2.43. The minimum Gasteiger partial charge on any atom is -0.486 e. The van der Waals surface area contributed by atoms with Crippen LogP contribution in [0.5, 0.6) is 11.5 Å². The first-order valence-electron chi connectivity index (χ1n) is 5.67. The second-order valence-electron chi connectivity index (χ2n) is 3.91. The van der Waals surface area contributed by atoms with Crippen molar-refractivity contribution in [3.63, 3.8) is 0 Å². The zero-order valence-corrected chi connectivity index (χ0v) is 9.89. The van der Waals surface area contributed by atoms with Gasteiger partial charge in [0.15, 0.2) is 23.1 Å². The van der Waals surface area contributed by atoms with Gasteiger partial charge in [-0.3, -0.25) is 0 Å². The third-order valence-electron chi connectivity index (χ3n) is 2.57. The third-order valence-corrected chi connectivity index (χ3v) is 2.57. The summed E-state index contributed by atoms with van der Waals surface area (Å²) in [4.78, 5) is 7.35. The standard InChI is InChI=1S/C12H11FN4O2/c13-8-6-15-12(14)17-11(8)16-7-1-2-9-10(5-7)19-4-3-18-9/h1-2,5-6H,3-4H2,(H3,14,15,16,17). The molecule has 0 saturated carbocycles. The van der Waals surface area contributed by atoms with Crippen LogP contribution in [0.15, 0.2) is 24.4 Å². The van der Waals surface area contributed by atoms with E-state index in [1.807, 2.05) is 0 Å². The molecule has 3 N–H and O–H groups in total. The first-order chi connectivity index (χ1) is 9.22. The largest absolute Gasteiger partial charge is 0.486 e. The van der Waals surface area contributed by atoms with E-state index in [4.69, 9.17) is 15.2 Å². The van der Waals surface area contributed by atoms with Crippen molar-refractivity contribution in [2.45, 2.75) is 0 Å². The topological polar surface area (TPSA) is 82.3 Å². The SMILES string of the molecule is Nc1ncc(F)c(Nc2ccc3c(c2)OCCO3)n1. The molecule has 19 heavy (non-hydrogen) atoms. The summed E-state index contributed by atoms with van der Waals surface area (Å²) in [5, 5.41) is 2.82. The van der Waals surface area contributed by atoms with E-state index in [2.05, 4.69) is 15.3 Å². The van der Waals surface area contributed by atoms with Crippen LogP contribution in [0.4, 0.5) is 21.8 Å². The number of anilines is 3. The van der Waals surface area contributed by atoms with Gasteiger partial charge in [0.2, 0.25) is 5.95 Å². The summed E-state index contributed by atoms with van der Waals surface area (Å²) in [6.07, 6.45) is 1.02. The smallest absolute Gasteiger partial charge is 0.222 e. The molecule has 0 unspecified atom stereocenters. The molecule has 2 aromatic rings. The number of hydrogen-bond donors (Lipinski definition) is 2. The minimum atomic E-state index is -0.580. The van der Waals surface area contributed by atoms with Gasteiger partial charge < -0.3 is 20.5 Å². The number of nitrogens with two attached hydrogens (primary N) is 1. The maximum absolute atomic E-state index is 13.5. The molecule has 7 heteroatoms. The number of nitrogens with zero attached hydrogens (tertiary/aromatic N) is 2. The van der Waals surface area contributed by atoms with E-state index in [9.17, 15) is 4.39 Å². The van der Waals surface area contributed by atoms with E-state index in [1.54, 1.807) is 18.2 Å². The van der Waals surface area contributed by atoms with Gasteiger partial charge in [0.05, 0.1) is 6.20 Å². The molecule has 3 rings (SSSR count). The molecule has 1 aromatic heterocycles. The van der Waals surface area contributed by atoms with Gasteiger partial charge in [-0.15, -0.1) is 0 Å². The molecule has 2 heterocycles. The fourth-order valence-electron chi connectivity index (χ4n) is 1.73. The molecule has 6 nitrogen and oxygen atoms in total. The summed E-state index contributed by atoms with van der Waals surface area (Å²) in [7, 11) is 0. The van der Waals surface area contributed by atoms with Crippen molar-refractivity contribution in [2.24, 2.45) is 0 Å². The highest BCUT2D eigenvalue weighted by Gasteiger charge is 2.13. The highest BCUT2D eigenvalue weighted by Crippen LogP contribution is 2.33. The molecule has 0 amide bonds. The van der Waals surface area contributed by atoms with Crippen LogP contribution in [-0.2, 0) is 0 Å². The van der Waals surface area contributed by atoms with Crippen molar-refractivity contribution in [3.8, 4) is 11.5 Å². The van der Waals surface area contributed by atoms with E-state index in [-0.39, 0.29) is 11.8 Å². The number of nitrogens with one attached hydrogen (secondary N) is 1. The molecule has 98 valence electrons. The number of aromatic nitrogens is 2. The van der Waals surface area contributed by atoms with Crippen LogP contribution in [0.2, 0.25) is 0 Å². The summed E-state index contributed by atoms with van der Waals surface area (Å²) in [6.45, 7) is 1.02. The number of hydrogen-bond acceptors (Lipinski definition) is 6. The maximum Gasteiger partial charge on any atom is 0.222 e. The molecule has 0 radical (unpaired) electrons. The Kier molecular flexibility index (Phi) is 2.79. The van der Waals surface area contributed by atoms with Crippen LogP contribution in [0.1, 0.15) is 0 Å². The second kappa shape index (κ2) is 4.60. The Morgan fingerprint density at radius 1 is 1.21 bits per heavy atom. The highest BCUT2D eigenvalue weighted by atomic mass is 19.1. The lowest BCUT2D eigenvalue weighted by Gasteiger charge is -2.19. The number of nitrogen functional groups attached to an aromatic ring is 1. The molecule has 0 fully saturated rings. The van der Waals surface area contributed by atoms with Gasteiger partial charge in [0, 0.05) is 11.8 Å². The van der Waals surface area contributed by atoms with Gasteiger partial charge in [-0.2, -0.15) is 4.98 Å². The lowest BCUT2D eigenvalue weighted by atomic mass is 10.2. The highest BCUT2D eigenvalue weighted by molar-refractivity contribution is 5.62. The number of benzene rings is 1. The van der Waals surface area contributed by atoms with Crippen LogP contribution >= 0.6 is 0 Å². The third kappa shape index (κ3) is 2.35. The Labute approximate surface area is 108 Å². The van der Waals surface area contributed by atoms with Crippen LogP contribution in [0.3, 0.4) is 0 Å². The van der Waals surface area contributed by atoms with Crippen molar-refractivity contribution < 1.29 is 13.9 Å². The van der Waals surface area contributed by atoms with E-state index < -0.39 is 5.82 Å². The molecule has 1 aliphatic rings. The lowest BCUT2D eigenvalue weighted by molar-refractivity contribution is 0.171. The number of rotatable bonds is 2. The number of ether oxygens (including phenoxy) is 2. The molecule has 0 spiro atoms. The summed E-state index contributed by atoms with van der Waals surface area (Å²) in [6, 6.07) is 5.21. The molecule has 0 saturated heterocycles. The Morgan fingerprint density at radius 3 is 2.84 bits per heavy atom. The minimum absolute atomic E-state index is 0.00134. The van der Waals surface area contributed by atoms with E-state index in [0.717, 1.165) is 6.20 Å². The van der Waals surface area contributed by atoms with Crippen molar-refractivity contribution >= 4 is 17.5 Å². The van der Waals surface area contributed by atoms with Crippen LogP contribution < -0.4 is 20.5 Å². The molecular formula is C12H11FN4O2. The zero-order valence-electron chi connectivity index (χ0n) is 9.89. The van der Waals surface area contributed by atoms with Gasteiger partial charge in [-0.1, -0.05) is 0 Å². The molecule has 1 aliphatic heterocycles. The molecule has 0 atom stereocenters. The Bertz CT molecular complexity index is 621. The Morgan fingerprint density at radius 2 is 2.00 bits per heavy atom. The quantitative estimate of drug-likeness (QED) is 0.857. The van der Waals surface area contributed by atoms with Gasteiger partial charge in [-0.05, 0) is 12.1 Å². The van der Waals surface area contributed by atoms with Crippen molar-refractivity contribution in [2.75, 3.05) is 24.3 Å². The second-order valence-corrected chi connectivity index (χ2v) is 3.91. The lowest BCUT2D eigenvalue weighted by Crippen LogP contribution is -2.15. The van der Waals surface area contributed by atoms with Crippen LogP contribution in [-0.4, -0.2) is 23.2 Å². The number of halogens is 1. The molecular weight excluding hydrogens is 251 g/mol. The van der Waals surface area contributed by atoms with Crippen LogP contribution in [0, 0.1) is 5.82 Å². The fraction of sp³-hybridized carbons (Fsp3) is 0.167. The van der Waals surface area contributed by atoms with E-state index in [0.29, 0.717) is 30.4 Å². The maximum atomic E-state index is 13.5. The summed E-state index contributed by atoms with van der Waals surface area (Å²) >= 11 is 0. The van der Waals surface area contributed by atoms with Gasteiger partial charge >= 0.3 is 0 Å². The first kappa shape index (κ1) is 11.5. The van der Waals surface area contributed by atoms with Gasteiger partial charge in [0.25, 0.3) is 0 Å². The molecule has 0 bridgehead atoms. The Hall–Kier alpha value is -2.57. The van der Waals surface area contributed by atoms with E-state index in [1.165, 1.54) is 0 Å². The first-order valence-corrected chi connectivity index (χ1v) is 5.67. The summed E-state index contributed by atoms with van der Waals surface area (Å²) < 4.78 is 24.3. The fourth-order valence-corrected chi connectivity index (χ4v) is 1.73. The zero-order chi connectivity index (χ0) is 13.2. The average molecular weight is 262 g/mol. The number of fused-ring (bicyclic) bond motifs is 1. The summed E-state index contributed by atoms with van der Waals surface area (Å²) in [5.41, 5.74) is 6.04. The normalized spacial score (nSPS) is 13.1. The predicted octanol–water partition coefficient (Wildman–Crippen LogP) is 1.71. The van der Waals surface area contributed by atoms with Gasteiger partial charge in [-0.25, -0.2) is 9.37 Å². The van der Waals surface area contributed by atoms with Crippen LogP contribution in [0.25, 0.3) is 0 Å². The molecule has 1 aromatic carbocycles. The van der Waals surface area contributed by atoms with E-state index >= 15 is 0 Å². The monoisotopic (exact) mass is 262 g/mol. The van der Waals surface area contributed by atoms with Crippen molar-refractivity contribution in [1.29, 1.82) is 0 Å².